The van der Waals surface area contributed by atoms with E-state index < -0.39 is 80.7 Å². The summed E-state index contributed by atoms with van der Waals surface area (Å²) in [6, 6.07) is 4.84. The van der Waals surface area contributed by atoms with Gasteiger partial charge in [0.2, 0.25) is 0 Å². The molecule has 0 bridgehead atoms. The van der Waals surface area contributed by atoms with Gasteiger partial charge in [-0.15, -0.1) is 0 Å². The number of carbonyl (C=O) groups is 5. The third kappa shape index (κ3) is 11.9. The van der Waals surface area contributed by atoms with Crippen LogP contribution in [0.15, 0.2) is 24.3 Å². The summed E-state index contributed by atoms with van der Waals surface area (Å²) in [7, 11) is 0. The van der Waals surface area contributed by atoms with E-state index in [4.69, 9.17) is 18.0 Å². The molecule has 42 heavy (non-hydrogen) atoms. The lowest BCUT2D eigenvalue weighted by Crippen LogP contribution is -2.59. The van der Waals surface area contributed by atoms with Crippen molar-refractivity contribution in [1.29, 1.82) is 0 Å². The van der Waals surface area contributed by atoms with Crippen molar-refractivity contribution in [3.63, 3.8) is 0 Å². The number of hydrogen-bond acceptors (Lipinski definition) is 9. The number of benzene rings is 1. The zero-order valence-corrected chi connectivity index (χ0v) is 23.7. The summed E-state index contributed by atoms with van der Waals surface area (Å²) in [5.74, 6) is -6.20. The highest BCUT2D eigenvalue weighted by atomic mass is 32.1. The number of nitrogens with zero attached hydrogens (tertiary/aromatic N) is 3. The minimum atomic E-state index is -1.27. The summed E-state index contributed by atoms with van der Waals surface area (Å²) in [5, 5.41) is 50.6. The van der Waals surface area contributed by atoms with E-state index in [0.717, 1.165) is 0 Å². The number of hydrogen-bond donors (Lipinski definition) is 7. The van der Waals surface area contributed by atoms with Gasteiger partial charge in [0.15, 0.2) is 5.11 Å². The molecule has 0 unspecified atom stereocenters. The van der Waals surface area contributed by atoms with Crippen LogP contribution >= 0.6 is 12.2 Å². The molecule has 16 heteroatoms. The normalized spacial score (nSPS) is 17.6. The van der Waals surface area contributed by atoms with E-state index in [0.29, 0.717) is 36.9 Å². The Morgan fingerprint density at radius 2 is 1.19 bits per heavy atom. The van der Waals surface area contributed by atoms with Crippen molar-refractivity contribution < 1.29 is 49.5 Å². The van der Waals surface area contributed by atoms with E-state index in [9.17, 15) is 49.5 Å². The molecule has 1 fully saturated rings. The van der Waals surface area contributed by atoms with Crippen LogP contribution in [-0.4, -0.2) is 133 Å². The van der Waals surface area contributed by atoms with Gasteiger partial charge in [-0.3, -0.25) is 38.7 Å². The van der Waals surface area contributed by atoms with Crippen molar-refractivity contribution in [2.45, 2.75) is 50.2 Å². The Morgan fingerprint density at radius 3 is 1.62 bits per heavy atom. The van der Waals surface area contributed by atoms with Gasteiger partial charge in [-0.05, 0) is 49.2 Å². The second-order valence-electron chi connectivity index (χ2n) is 10.2. The largest absolute Gasteiger partial charge is 0.480 e. The van der Waals surface area contributed by atoms with Crippen LogP contribution in [0, 0.1) is 0 Å². The van der Waals surface area contributed by atoms with Crippen LogP contribution in [0.5, 0.6) is 0 Å². The highest BCUT2D eigenvalue weighted by Crippen LogP contribution is 2.28. The molecular weight excluding hydrogens is 574 g/mol. The lowest BCUT2D eigenvalue weighted by molar-refractivity contribution is -0.146. The number of thiocarbonyl (C=S) groups is 1. The zero-order chi connectivity index (χ0) is 31.4. The van der Waals surface area contributed by atoms with Gasteiger partial charge in [-0.2, -0.15) is 0 Å². The molecule has 0 spiro atoms. The first-order valence-corrected chi connectivity index (χ1v) is 13.6. The molecule has 3 atom stereocenters. The highest BCUT2D eigenvalue weighted by Gasteiger charge is 2.38. The molecule has 0 radical (unpaired) electrons. The maximum atomic E-state index is 12.0. The summed E-state index contributed by atoms with van der Waals surface area (Å²) in [5.41, 5.74) is 6.81. The zero-order valence-electron chi connectivity index (χ0n) is 22.9. The first-order valence-electron chi connectivity index (χ1n) is 13.2. The Morgan fingerprint density at radius 1 is 0.762 bits per heavy atom. The lowest BCUT2D eigenvalue weighted by Gasteiger charge is -2.45. The monoisotopic (exact) mass is 611 g/mol. The maximum absolute atomic E-state index is 12.0. The average molecular weight is 612 g/mol. The van der Waals surface area contributed by atoms with Gasteiger partial charge in [0, 0.05) is 30.4 Å². The van der Waals surface area contributed by atoms with Crippen LogP contribution in [-0.2, 0) is 30.4 Å². The van der Waals surface area contributed by atoms with Crippen molar-refractivity contribution in [2.75, 3.05) is 44.6 Å². The fourth-order valence-corrected chi connectivity index (χ4v) is 5.57. The minimum Gasteiger partial charge on any atom is -0.480 e. The van der Waals surface area contributed by atoms with Crippen LogP contribution in [0.2, 0.25) is 0 Å². The molecule has 1 aliphatic rings. The minimum absolute atomic E-state index is 0.0564. The van der Waals surface area contributed by atoms with Crippen LogP contribution < -0.4 is 11.1 Å². The highest BCUT2D eigenvalue weighted by molar-refractivity contribution is 7.80. The number of rotatable bonds is 18. The molecule has 1 aromatic carbocycles. The summed E-state index contributed by atoms with van der Waals surface area (Å²) in [6.07, 6.45) is 2.38. The number of nitrogens with one attached hydrogen (secondary N) is 1. The lowest BCUT2D eigenvalue weighted by atomic mass is 9.87. The molecule has 0 amide bonds. The van der Waals surface area contributed by atoms with E-state index in [2.05, 4.69) is 5.32 Å². The number of nitrogens with two attached hydrogens (primary N) is 1. The molecule has 1 aromatic rings. The summed E-state index contributed by atoms with van der Waals surface area (Å²) >= 11 is 4.84. The van der Waals surface area contributed by atoms with Crippen molar-refractivity contribution >= 4 is 52.9 Å². The molecular formula is C26H37N5O10S. The Balaban J connectivity index is 2.49. The van der Waals surface area contributed by atoms with Crippen molar-refractivity contribution in [2.24, 2.45) is 5.73 Å². The molecule has 1 aliphatic carbocycles. The van der Waals surface area contributed by atoms with Crippen LogP contribution in [0.25, 0.3) is 0 Å². The molecule has 15 nitrogen and oxygen atoms in total. The van der Waals surface area contributed by atoms with Gasteiger partial charge in [0.05, 0.1) is 32.7 Å². The Kier molecular flexibility index (Phi) is 13.5. The van der Waals surface area contributed by atoms with E-state index in [-0.39, 0.29) is 18.1 Å². The SMILES string of the molecule is NC(=S)Nc1ccc(C[C@@H](CN(CC(=O)O)[C@@H]2CCCC[C@H]2N(CC(=O)O)CC(=O)O)N(CC(=O)O)CC(=O)O)cc1. The third-order valence-corrected chi connectivity index (χ3v) is 7.08. The van der Waals surface area contributed by atoms with Gasteiger partial charge < -0.3 is 36.6 Å². The van der Waals surface area contributed by atoms with E-state index in [1.54, 1.807) is 29.2 Å². The number of carboxylic acids is 5. The maximum Gasteiger partial charge on any atom is 0.317 e. The Labute approximate surface area is 247 Å². The van der Waals surface area contributed by atoms with Gasteiger partial charge in [-0.1, -0.05) is 25.0 Å². The quantitative estimate of drug-likeness (QED) is 0.107. The number of carboxylic acid groups (broad SMARTS) is 5. The van der Waals surface area contributed by atoms with E-state index in [1.165, 1.54) is 9.80 Å². The molecule has 0 aromatic heterocycles. The van der Waals surface area contributed by atoms with E-state index >= 15 is 0 Å². The standard InChI is InChI=1S/C26H37N5O10S/c27-26(42)28-17-7-5-16(6-8-17)9-18(29(11-21(32)33)12-22(34)35)10-30(13-23(36)37)19-3-1-2-4-20(19)31(14-24(38)39)15-25(40)41/h5-8,18-20H,1-4,9-15H2,(H,32,33)(H,34,35)(H,36,37)(H,38,39)(H,40,41)(H3,27,28,42)/t18-,19+,20+/m0/s1. The van der Waals surface area contributed by atoms with Gasteiger partial charge in [0.1, 0.15) is 0 Å². The summed E-state index contributed by atoms with van der Waals surface area (Å²) in [6.45, 7) is -2.96. The number of aliphatic carboxylic acids is 5. The van der Waals surface area contributed by atoms with Gasteiger partial charge >= 0.3 is 29.8 Å². The average Bonchev–Trinajstić information content (AvgIpc) is 2.86. The molecule has 1 saturated carbocycles. The molecule has 232 valence electrons. The Bertz CT molecular complexity index is 1100. The Hall–Kier alpha value is -3.86. The fourth-order valence-electron chi connectivity index (χ4n) is 5.45. The van der Waals surface area contributed by atoms with Gasteiger partial charge in [-0.25, -0.2) is 0 Å². The van der Waals surface area contributed by atoms with Crippen LogP contribution in [0.1, 0.15) is 31.2 Å². The second-order valence-corrected chi connectivity index (χ2v) is 10.6. The summed E-state index contributed by atoms with van der Waals surface area (Å²) in [4.78, 5) is 62.7. The van der Waals surface area contributed by atoms with E-state index in [1.807, 2.05) is 0 Å². The summed E-state index contributed by atoms with van der Waals surface area (Å²) < 4.78 is 0. The molecule has 2 rings (SSSR count). The van der Waals surface area contributed by atoms with Crippen molar-refractivity contribution in [1.82, 2.24) is 14.7 Å². The fraction of sp³-hybridized carbons (Fsp3) is 0.538. The molecule has 8 N–H and O–H groups in total. The predicted octanol–water partition coefficient (Wildman–Crippen LogP) is -0.107. The first-order chi connectivity index (χ1) is 19.7. The number of anilines is 1. The topological polar surface area (TPSA) is 234 Å². The van der Waals surface area contributed by atoms with Crippen molar-refractivity contribution in [3.05, 3.63) is 29.8 Å². The molecule has 0 saturated heterocycles. The smallest absolute Gasteiger partial charge is 0.317 e. The predicted molar refractivity (Wildman–Crippen MR) is 153 cm³/mol. The third-order valence-electron chi connectivity index (χ3n) is 6.98. The first kappa shape index (κ1) is 34.3. The molecule has 0 heterocycles. The van der Waals surface area contributed by atoms with Gasteiger partial charge in [0.25, 0.3) is 0 Å². The second kappa shape index (κ2) is 16.5. The van der Waals surface area contributed by atoms with Crippen LogP contribution in [0.3, 0.4) is 0 Å². The molecule has 0 aliphatic heterocycles. The van der Waals surface area contributed by atoms with Crippen LogP contribution in [0.4, 0.5) is 5.69 Å². The van der Waals surface area contributed by atoms with Crippen molar-refractivity contribution in [3.8, 4) is 0 Å².